The summed E-state index contributed by atoms with van der Waals surface area (Å²) in [7, 11) is 0. The summed E-state index contributed by atoms with van der Waals surface area (Å²) >= 11 is 0. The third-order valence-electron chi connectivity index (χ3n) is 3.72. The number of carbonyl (C=O) groups excluding carboxylic acids is 1. The number of hydrogen-bond donors (Lipinski definition) is 0. The Kier molecular flexibility index (Phi) is 1.82. The zero-order valence-corrected chi connectivity index (χ0v) is 8.72. The Balaban J connectivity index is 2.31. The Hall–Kier alpha value is -0.370. The molecule has 2 atom stereocenters. The van der Waals surface area contributed by atoms with Crippen molar-refractivity contribution in [3.8, 4) is 0 Å². The zero-order valence-electron chi connectivity index (χ0n) is 8.72. The van der Waals surface area contributed by atoms with Gasteiger partial charge >= 0.3 is 0 Å². The van der Waals surface area contributed by atoms with Crippen molar-refractivity contribution in [1.29, 1.82) is 0 Å². The summed E-state index contributed by atoms with van der Waals surface area (Å²) in [6.07, 6.45) is 2.48. The molecular formula is C11H18O2. The van der Waals surface area contributed by atoms with Crippen LogP contribution in [0.4, 0.5) is 0 Å². The van der Waals surface area contributed by atoms with Gasteiger partial charge in [0.25, 0.3) is 0 Å². The van der Waals surface area contributed by atoms with E-state index >= 15 is 0 Å². The molecule has 13 heavy (non-hydrogen) atoms. The molecule has 2 fully saturated rings. The Bertz CT molecular complexity index is 244. The van der Waals surface area contributed by atoms with Gasteiger partial charge in [0.05, 0.1) is 5.60 Å². The maximum absolute atomic E-state index is 11.5. The first-order valence-electron chi connectivity index (χ1n) is 5.10. The molecule has 0 radical (unpaired) electrons. The van der Waals surface area contributed by atoms with Gasteiger partial charge in [-0.2, -0.15) is 0 Å². The van der Waals surface area contributed by atoms with E-state index in [4.69, 9.17) is 4.74 Å². The van der Waals surface area contributed by atoms with Crippen LogP contribution >= 0.6 is 0 Å². The fourth-order valence-electron chi connectivity index (χ4n) is 3.29. The topological polar surface area (TPSA) is 26.3 Å². The van der Waals surface area contributed by atoms with E-state index in [2.05, 4.69) is 20.8 Å². The van der Waals surface area contributed by atoms with Crippen molar-refractivity contribution in [2.24, 2.45) is 11.3 Å². The smallest absolute Gasteiger partial charge is 0.136 e. The molecule has 2 nitrogen and oxygen atoms in total. The van der Waals surface area contributed by atoms with Crippen molar-refractivity contribution in [3.63, 3.8) is 0 Å². The largest absolute Gasteiger partial charge is 0.375 e. The highest BCUT2D eigenvalue weighted by Crippen LogP contribution is 2.51. The number of ether oxygens (including phenoxy) is 1. The van der Waals surface area contributed by atoms with Crippen LogP contribution in [0.2, 0.25) is 0 Å². The first kappa shape index (κ1) is 9.20. The van der Waals surface area contributed by atoms with Gasteiger partial charge in [0, 0.05) is 19.4 Å². The van der Waals surface area contributed by atoms with Gasteiger partial charge in [0.15, 0.2) is 0 Å². The summed E-state index contributed by atoms with van der Waals surface area (Å²) in [5.41, 5.74) is -0.0145. The van der Waals surface area contributed by atoms with E-state index < -0.39 is 0 Å². The summed E-state index contributed by atoms with van der Waals surface area (Å²) in [6.45, 7) is 7.32. The third kappa shape index (κ3) is 1.32. The predicted octanol–water partition coefficient (Wildman–Crippen LogP) is 2.17. The summed E-state index contributed by atoms with van der Waals surface area (Å²) in [6, 6.07) is 0. The van der Waals surface area contributed by atoms with E-state index in [1.807, 2.05) is 0 Å². The molecule has 1 heterocycles. The average molecular weight is 182 g/mol. The molecule has 0 bridgehead atoms. The van der Waals surface area contributed by atoms with Crippen molar-refractivity contribution < 1.29 is 9.53 Å². The summed E-state index contributed by atoms with van der Waals surface area (Å²) in [4.78, 5) is 11.5. The predicted molar refractivity (Wildman–Crippen MR) is 50.5 cm³/mol. The third-order valence-corrected chi connectivity index (χ3v) is 3.72. The molecule has 1 aliphatic heterocycles. The van der Waals surface area contributed by atoms with Crippen molar-refractivity contribution >= 4 is 5.78 Å². The molecular weight excluding hydrogens is 164 g/mol. The lowest BCUT2D eigenvalue weighted by Crippen LogP contribution is -2.47. The van der Waals surface area contributed by atoms with Crippen LogP contribution in [0, 0.1) is 11.3 Å². The van der Waals surface area contributed by atoms with Gasteiger partial charge in [-0.05, 0) is 24.7 Å². The molecule has 0 aromatic carbocycles. The van der Waals surface area contributed by atoms with Crippen LogP contribution in [0.3, 0.4) is 0 Å². The lowest BCUT2D eigenvalue weighted by molar-refractivity contribution is -0.138. The fourth-order valence-corrected chi connectivity index (χ4v) is 3.29. The van der Waals surface area contributed by atoms with Crippen LogP contribution in [-0.4, -0.2) is 18.0 Å². The fraction of sp³-hybridized carbons (Fsp3) is 0.909. The highest BCUT2D eigenvalue weighted by molar-refractivity contribution is 5.81. The maximum atomic E-state index is 11.5. The minimum atomic E-state index is -0.154. The average Bonchev–Trinajstić information content (AvgIpc) is 2.27. The van der Waals surface area contributed by atoms with Crippen LogP contribution in [0.5, 0.6) is 0 Å². The maximum Gasteiger partial charge on any atom is 0.136 e. The molecule has 2 rings (SSSR count). The number of hydrogen-bond acceptors (Lipinski definition) is 2. The van der Waals surface area contributed by atoms with Crippen LogP contribution in [0.25, 0.3) is 0 Å². The Morgan fingerprint density at radius 1 is 1.31 bits per heavy atom. The second kappa shape index (κ2) is 2.57. The molecule has 1 saturated heterocycles. The molecule has 0 aromatic heterocycles. The van der Waals surface area contributed by atoms with E-state index in [-0.39, 0.29) is 11.0 Å². The van der Waals surface area contributed by atoms with Crippen LogP contribution in [0.15, 0.2) is 0 Å². The number of rotatable bonds is 0. The molecule has 74 valence electrons. The van der Waals surface area contributed by atoms with E-state index in [0.717, 1.165) is 19.4 Å². The molecule has 2 unspecified atom stereocenters. The van der Waals surface area contributed by atoms with Gasteiger partial charge in [-0.1, -0.05) is 13.8 Å². The van der Waals surface area contributed by atoms with Gasteiger partial charge in [-0.25, -0.2) is 0 Å². The van der Waals surface area contributed by atoms with Gasteiger partial charge < -0.3 is 4.74 Å². The SMILES string of the molecule is CC1(C)CC(=O)CC2(C)OCCC12. The second-order valence-electron chi connectivity index (χ2n) is 5.38. The molecule has 0 spiro atoms. The van der Waals surface area contributed by atoms with Gasteiger partial charge in [0.1, 0.15) is 5.78 Å². The summed E-state index contributed by atoms with van der Waals surface area (Å²) in [5.74, 6) is 0.934. The van der Waals surface area contributed by atoms with Crippen molar-refractivity contribution in [1.82, 2.24) is 0 Å². The van der Waals surface area contributed by atoms with Crippen molar-refractivity contribution in [3.05, 3.63) is 0 Å². The lowest BCUT2D eigenvalue weighted by atomic mass is 9.61. The lowest BCUT2D eigenvalue weighted by Gasteiger charge is -2.44. The molecule has 0 aromatic rings. The highest BCUT2D eigenvalue weighted by atomic mass is 16.5. The standard InChI is InChI=1S/C11H18O2/c1-10(2)6-8(12)7-11(3)9(10)4-5-13-11/h9H,4-7H2,1-3H3. The summed E-state index contributed by atoms with van der Waals surface area (Å²) in [5, 5.41) is 0. The first-order chi connectivity index (χ1) is 5.94. The van der Waals surface area contributed by atoms with Crippen molar-refractivity contribution in [2.45, 2.75) is 45.6 Å². The number of carbonyl (C=O) groups is 1. The minimum absolute atomic E-state index is 0.139. The quantitative estimate of drug-likeness (QED) is 0.574. The molecule has 2 heteroatoms. The van der Waals surface area contributed by atoms with Gasteiger partial charge in [-0.15, -0.1) is 0 Å². The van der Waals surface area contributed by atoms with Crippen molar-refractivity contribution in [2.75, 3.05) is 6.61 Å². The van der Waals surface area contributed by atoms with Crippen LogP contribution < -0.4 is 0 Å². The van der Waals surface area contributed by atoms with E-state index in [0.29, 0.717) is 18.1 Å². The van der Waals surface area contributed by atoms with Crippen LogP contribution in [0.1, 0.15) is 40.0 Å². The number of ketones is 1. The van der Waals surface area contributed by atoms with Crippen LogP contribution in [-0.2, 0) is 9.53 Å². The minimum Gasteiger partial charge on any atom is -0.375 e. The monoisotopic (exact) mass is 182 g/mol. The molecule has 2 aliphatic rings. The Morgan fingerprint density at radius 3 is 2.69 bits per heavy atom. The van der Waals surface area contributed by atoms with E-state index in [1.54, 1.807) is 0 Å². The second-order valence-corrected chi connectivity index (χ2v) is 5.38. The Morgan fingerprint density at radius 2 is 2.00 bits per heavy atom. The molecule has 1 aliphatic carbocycles. The van der Waals surface area contributed by atoms with E-state index in [9.17, 15) is 4.79 Å². The normalized spacial score (nSPS) is 43.3. The van der Waals surface area contributed by atoms with Gasteiger partial charge in [-0.3, -0.25) is 4.79 Å². The van der Waals surface area contributed by atoms with E-state index in [1.165, 1.54) is 0 Å². The molecule has 0 N–H and O–H groups in total. The Labute approximate surface area is 79.7 Å². The van der Waals surface area contributed by atoms with Gasteiger partial charge in [0.2, 0.25) is 0 Å². The highest BCUT2D eigenvalue weighted by Gasteiger charge is 2.52. The molecule has 0 amide bonds. The summed E-state index contributed by atoms with van der Waals surface area (Å²) < 4.78 is 5.73. The first-order valence-corrected chi connectivity index (χ1v) is 5.10. The number of fused-ring (bicyclic) bond motifs is 1. The zero-order chi connectivity index (χ0) is 9.69. The number of Topliss-reactive ketones (excluding diaryl/α,β-unsaturated/α-hetero) is 1. The molecule has 1 saturated carbocycles.